The first-order chi connectivity index (χ1) is 19.1. The highest BCUT2D eigenvalue weighted by atomic mass is 35.5. The van der Waals surface area contributed by atoms with Crippen molar-refractivity contribution in [2.75, 3.05) is 12.4 Å². The first-order valence-electron chi connectivity index (χ1n) is 12.3. The molecular formula is C28H27ClFN5O5. The minimum atomic E-state index is -0.769. The van der Waals surface area contributed by atoms with Crippen molar-refractivity contribution in [1.82, 2.24) is 19.1 Å². The number of rotatable bonds is 9. The van der Waals surface area contributed by atoms with E-state index in [1.165, 1.54) is 29.9 Å². The summed E-state index contributed by atoms with van der Waals surface area (Å²) in [5, 5.41) is 3.59. The Bertz CT molecular complexity index is 1640. The number of aromatic nitrogens is 4. The molecule has 2 atom stereocenters. The molecule has 0 aliphatic rings. The van der Waals surface area contributed by atoms with Crippen molar-refractivity contribution in [3.63, 3.8) is 0 Å². The fraction of sp³-hybridized carbons (Fsp3) is 0.250. The van der Waals surface area contributed by atoms with E-state index in [2.05, 4.69) is 15.3 Å². The van der Waals surface area contributed by atoms with Crippen molar-refractivity contribution in [2.45, 2.75) is 33.4 Å². The van der Waals surface area contributed by atoms with Gasteiger partial charge < -0.3 is 14.8 Å². The zero-order chi connectivity index (χ0) is 29.0. The van der Waals surface area contributed by atoms with Crippen LogP contribution in [0.2, 0.25) is 5.02 Å². The zero-order valence-electron chi connectivity index (χ0n) is 22.2. The number of ether oxygens (including phenoxy) is 2. The number of carbonyl (C=O) groups is 1. The summed E-state index contributed by atoms with van der Waals surface area (Å²) in [5.74, 6) is -0.641. The molecular weight excluding hydrogens is 541 g/mol. The Labute approximate surface area is 234 Å². The molecule has 1 aromatic carbocycles. The van der Waals surface area contributed by atoms with E-state index in [4.69, 9.17) is 21.1 Å². The number of nitrogens with one attached hydrogen (secondary N) is 1. The van der Waals surface area contributed by atoms with Crippen molar-refractivity contribution in [3.8, 4) is 11.6 Å². The molecule has 12 heteroatoms. The number of halogens is 2. The summed E-state index contributed by atoms with van der Waals surface area (Å²) >= 11 is 6.03. The van der Waals surface area contributed by atoms with Crippen LogP contribution in [-0.2, 0) is 16.1 Å². The summed E-state index contributed by atoms with van der Waals surface area (Å²) in [6.45, 7) is 5.02. The van der Waals surface area contributed by atoms with Crippen molar-refractivity contribution >= 4 is 29.2 Å². The van der Waals surface area contributed by atoms with E-state index >= 15 is 0 Å². The second kappa shape index (κ2) is 12.1. The highest BCUT2D eigenvalue weighted by Gasteiger charge is 2.26. The molecule has 3 aromatic heterocycles. The van der Waals surface area contributed by atoms with E-state index in [0.29, 0.717) is 22.3 Å². The van der Waals surface area contributed by atoms with E-state index in [0.717, 1.165) is 16.3 Å². The van der Waals surface area contributed by atoms with Crippen molar-refractivity contribution in [1.29, 1.82) is 0 Å². The van der Waals surface area contributed by atoms with Gasteiger partial charge in [0.2, 0.25) is 5.88 Å². The van der Waals surface area contributed by atoms with E-state index < -0.39 is 35.0 Å². The van der Waals surface area contributed by atoms with E-state index in [-0.39, 0.29) is 18.2 Å². The van der Waals surface area contributed by atoms with Gasteiger partial charge in [0, 0.05) is 17.2 Å². The van der Waals surface area contributed by atoms with Gasteiger partial charge in [-0.25, -0.2) is 19.2 Å². The average Bonchev–Trinajstić information content (AvgIpc) is 2.93. The summed E-state index contributed by atoms with van der Waals surface area (Å²) in [7, 11) is 1.25. The fourth-order valence-corrected chi connectivity index (χ4v) is 4.12. The standard InChI is InChI=1S/C28H27ClFN5O5/c1-16(27(37)39-4)18(3)35-26(36)13-24(34(28(35)38)15-19-5-7-20(29)8-6-19)33-23-11-10-22(17(2)32-23)40-25-12-9-21(30)14-31-25/h5-14,16,18H,15H2,1-4H3,(H,32,33)/t16-,18+/m1/s1. The largest absolute Gasteiger partial charge is 0.469 e. The SMILES string of the molecule is COC(=O)[C@H](C)[C@H](C)n1c(=O)cc(Nc2ccc(Oc3ccc(F)cn3)c(C)n2)n(Cc2ccc(Cl)cc2)c1=O. The monoisotopic (exact) mass is 567 g/mol. The molecule has 1 N–H and O–H groups in total. The van der Waals surface area contributed by atoms with Crippen LogP contribution in [0.1, 0.15) is 31.1 Å². The van der Waals surface area contributed by atoms with Gasteiger partial charge in [0.1, 0.15) is 17.5 Å². The predicted molar refractivity (Wildman–Crippen MR) is 148 cm³/mol. The lowest BCUT2D eigenvalue weighted by atomic mass is 10.0. The Morgan fingerprint density at radius 1 is 1.10 bits per heavy atom. The van der Waals surface area contributed by atoms with Crippen molar-refractivity contribution < 1.29 is 18.7 Å². The average molecular weight is 568 g/mol. The third-order valence-corrected chi connectivity index (χ3v) is 6.64. The first-order valence-corrected chi connectivity index (χ1v) is 12.7. The van der Waals surface area contributed by atoms with E-state index in [1.54, 1.807) is 57.2 Å². The van der Waals surface area contributed by atoms with Gasteiger partial charge in [0.15, 0.2) is 5.75 Å². The van der Waals surface area contributed by atoms with Gasteiger partial charge in [-0.3, -0.25) is 18.7 Å². The van der Waals surface area contributed by atoms with Crippen LogP contribution in [-0.4, -0.2) is 32.2 Å². The minimum absolute atomic E-state index is 0.106. The highest BCUT2D eigenvalue weighted by molar-refractivity contribution is 6.30. The molecule has 0 aliphatic heterocycles. The van der Waals surface area contributed by atoms with Gasteiger partial charge in [0.05, 0.1) is 37.5 Å². The van der Waals surface area contributed by atoms with Crippen LogP contribution in [0.15, 0.2) is 70.4 Å². The molecule has 40 heavy (non-hydrogen) atoms. The van der Waals surface area contributed by atoms with Crippen LogP contribution in [0.5, 0.6) is 11.6 Å². The third-order valence-electron chi connectivity index (χ3n) is 6.39. The Morgan fingerprint density at radius 3 is 2.45 bits per heavy atom. The summed E-state index contributed by atoms with van der Waals surface area (Å²) in [5.41, 5.74) is 0.0270. The maximum atomic E-state index is 13.7. The number of aryl methyl sites for hydroxylation is 1. The number of benzene rings is 1. The van der Waals surface area contributed by atoms with Crippen LogP contribution < -0.4 is 21.3 Å². The number of esters is 1. The molecule has 0 saturated heterocycles. The maximum absolute atomic E-state index is 13.7. The molecule has 0 radical (unpaired) electrons. The summed E-state index contributed by atoms with van der Waals surface area (Å²) in [4.78, 5) is 47.4. The lowest BCUT2D eigenvalue weighted by molar-refractivity contribution is -0.146. The molecule has 4 rings (SSSR count). The Balaban J connectivity index is 1.72. The van der Waals surface area contributed by atoms with Crippen molar-refractivity contribution in [3.05, 3.63) is 104 Å². The number of anilines is 2. The van der Waals surface area contributed by atoms with E-state index in [1.807, 2.05) is 0 Å². The smallest absolute Gasteiger partial charge is 0.333 e. The summed E-state index contributed by atoms with van der Waals surface area (Å²) < 4.78 is 26.1. The van der Waals surface area contributed by atoms with E-state index in [9.17, 15) is 18.8 Å². The normalized spacial score (nSPS) is 12.4. The Kier molecular flexibility index (Phi) is 8.64. The predicted octanol–water partition coefficient (Wildman–Crippen LogP) is 4.86. The number of hydrogen-bond acceptors (Lipinski definition) is 8. The van der Waals surface area contributed by atoms with Crippen LogP contribution in [0.4, 0.5) is 16.0 Å². The number of methoxy groups -OCH3 is 1. The Hall–Kier alpha value is -4.51. The van der Waals surface area contributed by atoms with Gasteiger partial charge in [-0.05, 0) is 56.7 Å². The van der Waals surface area contributed by atoms with Gasteiger partial charge in [-0.2, -0.15) is 0 Å². The Morgan fingerprint density at radius 2 is 1.82 bits per heavy atom. The molecule has 0 unspecified atom stereocenters. The first kappa shape index (κ1) is 28.5. The quantitative estimate of drug-likeness (QED) is 0.285. The van der Waals surface area contributed by atoms with Crippen LogP contribution >= 0.6 is 11.6 Å². The zero-order valence-corrected chi connectivity index (χ0v) is 23.0. The molecule has 0 fully saturated rings. The van der Waals surface area contributed by atoms with Gasteiger partial charge in [-0.15, -0.1) is 0 Å². The maximum Gasteiger partial charge on any atom is 0.333 e. The molecule has 0 bridgehead atoms. The fourth-order valence-electron chi connectivity index (χ4n) is 3.99. The molecule has 0 saturated carbocycles. The number of hydrogen-bond donors (Lipinski definition) is 1. The summed E-state index contributed by atoms with van der Waals surface area (Å²) in [6.07, 6.45) is 1.04. The second-order valence-electron chi connectivity index (χ2n) is 9.11. The second-order valence-corrected chi connectivity index (χ2v) is 9.54. The van der Waals surface area contributed by atoms with Crippen LogP contribution in [0.25, 0.3) is 0 Å². The van der Waals surface area contributed by atoms with Crippen molar-refractivity contribution in [2.24, 2.45) is 5.92 Å². The van der Waals surface area contributed by atoms with Crippen LogP contribution in [0.3, 0.4) is 0 Å². The third kappa shape index (κ3) is 6.37. The molecule has 0 amide bonds. The number of pyridine rings is 2. The molecule has 10 nitrogen and oxygen atoms in total. The molecule has 0 aliphatic carbocycles. The van der Waals surface area contributed by atoms with Crippen LogP contribution in [0, 0.1) is 18.7 Å². The summed E-state index contributed by atoms with van der Waals surface area (Å²) in [6, 6.07) is 13.3. The molecule has 3 heterocycles. The number of carbonyl (C=O) groups excluding carboxylic acids is 1. The minimum Gasteiger partial charge on any atom is -0.469 e. The van der Waals surface area contributed by atoms with Gasteiger partial charge in [-0.1, -0.05) is 23.7 Å². The lowest BCUT2D eigenvalue weighted by Gasteiger charge is -2.22. The van der Waals surface area contributed by atoms with Gasteiger partial charge in [0.25, 0.3) is 5.56 Å². The number of nitrogens with zero attached hydrogens (tertiary/aromatic N) is 4. The van der Waals surface area contributed by atoms with Gasteiger partial charge >= 0.3 is 11.7 Å². The lowest BCUT2D eigenvalue weighted by Crippen LogP contribution is -2.44. The topological polar surface area (TPSA) is 117 Å². The highest BCUT2D eigenvalue weighted by Crippen LogP contribution is 2.25. The molecule has 4 aromatic rings. The molecule has 208 valence electrons. The molecule has 0 spiro atoms.